The van der Waals surface area contributed by atoms with Gasteiger partial charge in [0.05, 0.1) is 23.4 Å². The molecule has 7 nitrogen and oxygen atoms in total. The Kier molecular flexibility index (Phi) is 3.48. The molecule has 0 aliphatic rings. The Balaban J connectivity index is 2.36. The molecule has 1 atom stereocenters. The third kappa shape index (κ3) is 2.89. The van der Waals surface area contributed by atoms with Gasteiger partial charge in [-0.2, -0.15) is 5.10 Å². The summed E-state index contributed by atoms with van der Waals surface area (Å²) in [4.78, 5) is 10.5. The number of nitro groups is 1. The van der Waals surface area contributed by atoms with Crippen molar-refractivity contribution in [3.8, 4) is 11.5 Å². The lowest BCUT2D eigenvalue weighted by atomic mass is 10.1. The van der Waals surface area contributed by atoms with Crippen LogP contribution < -0.4 is 4.74 Å². The van der Waals surface area contributed by atoms with E-state index < -0.39 is 11.0 Å². The van der Waals surface area contributed by atoms with Crippen LogP contribution in [0.3, 0.4) is 0 Å². The lowest BCUT2D eigenvalue weighted by Gasteiger charge is -2.07. The van der Waals surface area contributed by atoms with Crippen molar-refractivity contribution in [3.05, 3.63) is 46.3 Å². The number of nitro benzene ring substituents is 1. The molecule has 0 aliphatic heterocycles. The summed E-state index contributed by atoms with van der Waals surface area (Å²) in [5.41, 5.74) is 0.271. The molecule has 0 saturated heterocycles. The summed E-state index contributed by atoms with van der Waals surface area (Å²) in [6.07, 6.45) is 2.30. The number of aryl methyl sites for hydroxylation is 1. The van der Waals surface area contributed by atoms with Crippen LogP contribution in [0.5, 0.6) is 11.5 Å². The average Bonchev–Trinajstić information content (AvgIpc) is 2.74. The summed E-state index contributed by atoms with van der Waals surface area (Å²) >= 11 is 0. The zero-order valence-electron chi connectivity index (χ0n) is 10.5. The second kappa shape index (κ2) is 5.07. The van der Waals surface area contributed by atoms with Crippen molar-refractivity contribution in [1.82, 2.24) is 9.78 Å². The van der Waals surface area contributed by atoms with Crippen molar-refractivity contribution in [2.45, 2.75) is 13.0 Å². The zero-order valence-corrected chi connectivity index (χ0v) is 10.5. The van der Waals surface area contributed by atoms with E-state index in [0.717, 1.165) is 0 Å². The molecule has 0 saturated carbocycles. The van der Waals surface area contributed by atoms with Crippen molar-refractivity contribution < 1.29 is 14.8 Å². The number of ether oxygens (including phenoxy) is 1. The third-order valence-corrected chi connectivity index (χ3v) is 2.57. The Labute approximate surface area is 109 Å². The van der Waals surface area contributed by atoms with E-state index in [2.05, 4.69) is 5.10 Å². The number of nitrogens with zero attached hydrogens (tertiary/aromatic N) is 3. The van der Waals surface area contributed by atoms with Crippen LogP contribution in [0.4, 0.5) is 5.69 Å². The minimum Gasteiger partial charge on any atom is -0.447 e. The number of aromatic nitrogens is 2. The van der Waals surface area contributed by atoms with Crippen LogP contribution >= 0.6 is 0 Å². The monoisotopic (exact) mass is 263 g/mol. The quantitative estimate of drug-likeness (QED) is 0.674. The predicted molar refractivity (Wildman–Crippen MR) is 67.0 cm³/mol. The van der Waals surface area contributed by atoms with E-state index in [1.807, 2.05) is 0 Å². The van der Waals surface area contributed by atoms with Gasteiger partial charge in [0.1, 0.15) is 0 Å². The van der Waals surface area contributed by atoms with Gasteiger partial charge in [-0.3, -0.25) is 14.8 Å². The first kappa shape index (κ1) is 13.0. The maximum atomic E-state index is 11.0. The molecule has 0 spiro atoms. The van der Waals surface area contributed by atoms with Gasteiger partial charge < -0.3 is 9.84 Å². The van der Waals surface area contributed by atoms with Crippen molar-refractivity contribution in [2.24, 2.45) is 7.05 Å². The van der Waals surface area contributed by atoms with Crippen LogP contribution in [-0.4, -0.2) is 19.8 Å². The van der Waals surface area contributed by atoms with Crippen LogP contribution in [0.2, 0.25) is 0 Å². The highest BCUT2D eigenvalue weighted by Gasteiger charge is 2.18. The fraction of sp³-hybridized carbons (Fsp3) is 0.250. The van der Waals surface area contributed by atoms with E-state index in [-0.39, 0.29) is 11.4 Å². The van der Waals surface area contributed by atoms with E-state index in [9.17, 15) is 15.2 Å². The highest BCUT2D eigenvalue weighted by molar-refractivity contribution is 5.50. The molecule has 0 fully saturated rings. The lowest BCUT2D eigenvalue weighted by Crippen LogP contribution is -1.97. The molecule has 1 heterocycles. The largest absolute Gasteiger partial charge is 0.447 e. The van der Waals surface area contributed by atoms with Crippen molar-refractivity contribution in [1.29, 1.82) is 0 Å². The van der Waals surface area contributed by atoms with Gasteiger partial charge in [-0.15, -0.1) is 0 Å². The molecular weight excluding hydrogens is 250 g/mol. The number of aliphatic hydroxyl groups is 1. The molecule has 1 aromatic heterocycles. The van der Waals surface area contributed by atoms with Crippen LogP contribution in [0, 0.1) is 10.1 Å². The van der Waals surface area contributed by atoms with Crippen LogP contribution in [0.25, 0.3) is 0 Å². The van der Waals surface area contributed by atoms with Gasteiger partial charge in [0.15, 0.2) is 5.75 Å². The van der Waals surface area contributed by atoms with E-state index in [1.165, 1.54) is 23.0 Å². The summed E-state index contributed by atoms with van der Waals surface area (Å²) in [6.45, 7) is 1.54. The van der Waals surface area contributed by atoms with Crippen molar-refractivity contribution in [2.75, 3.05) is 0 Å². The Morgan fingerprint density at radius 3 is 2.79 bits per heavy atom. The van der Waals surface area contributed by atoms with Gasteiger partial charge in [0, 0.05) is 13.1 Å². The highest BCUT2D eigenvalue weighted by atomic mass is 16.6. The van der Waals surface area contributed by atoms with E-state index >= 15 is 0 Å². The SMILES string of the molecule is C[C@H](O)c1ccc(Oc2cnn(C)c2)c([N+](=O)[O-])c1. The molecule has 0 amide bonds. The molecule has 0 radical (unpaired) electrons. The molecule has 2 rings (SSSR count). The standard InChI is InChI=1S/C12H13N3O4/c1-8(16)9-3-4-12(11(5-9)15(17)18)19-10-6-13-14(2)7-10/h3-8,16H,1-2H3/t8-/m0/s1. The first-order chi connectivity index (χ1) is 8.97. The molecule has 0 aliphatic carbocycles. The second-order valence-corrected chi connectivity index (χ2v) is 4.11. The summed E-state index contributed by atoms with van der Waals surface area (Å²) in [6, 6.07) is 4.35. The van der Waals surface area contributed by atoms with Gasteiger partial charge in [-0.1, -0.05) is 6.07 Å². The van der Waals surface area contributed by atoms with Gasteiger partial charge in [0.25, 0.3) is 0 Å². The van der Waals surface area contributed by atoms with E-state index in [0.29, 0.717) is 11.3 Å². The lowest BCUT2D eigenvalue weighted by molar-refractivity contribution is -0.385. The van der Waals surface area contributed by atoms with E-state index in [1.54, 1.807) is 26.2 Å². The molecule has 0 bridgehead atoms. The first-order valence-electron chi connectivity index (χ1n) is 5.60. The molecule has 0 unspecified atom stereocenters. The van der Waals surface area contributed by atoms with Gasteiger partial charge in [0.2, 0.25) is 5.75 Å². The Morgan fingerprint density at radius 2 is 2.26 bits per heavy atom. The zero-order chi connectivity index (χ0) is 14.0. The van der Waals surface area contributed by atoms with E-state index in [4.69, 9.17) is 4.74 Å². The fourth-order valence-electron chi connectivity index (χ4n) is 1.60. The van der Waals surface area contributed by atoms with Crippen LogP contribution in [0.1, 0.15) is 18.6 Å². The third-order valence-electron chi connectivity index (χ3n) is 2.57. The summed E-state index contributed by atoms with van der Waals surface area (Å²) < 4.78 is 6.95. The Morgan fingerprint density at radius 1 is 1.53 bits per heavy atom. The molecule has 7 heteroatoms. The number of rotatable bonds is 4. The summed E-state index contributed by atoms with van der Waals surface area (Å²) in [5.74, 6) is 0.526. The van der Waals surface area contributed by atoms with Crippen LogP contribution in [0.15, 0.2) is 30.6 Å². The second-order valence-electron chi connectivity index (χ2n) is 4.11. The molecule has 100 valence electrons. The normalized spacial score (nSPS) is 12.2. The number of hydrogen-bond donors (Lipinski definition) is 1. The average molecular weight is 263 g/mol. The molecule has 1 aromatic carbocycles. The molecule has 2 aromatic rings. The topological polar surface area (TPSA) is 90.4 Å². The molecule has 1 N–H and O–H groups in total. The Hall–Kier alpha value is -2.41. The van der Waals surface area contributed by atoms with Gasteiger partial charge >= 0.3 is 5.69 Å². The fourth-order valence-corrected chi connectivity index (χ4v) is 1.60. The molecule has 19 heavy (non-hydrogen) atoms. The Bertz CT molecular complexity index is 607. The summed E-state index contributed by atoms with van der Waals surface area (Å²) in [5, 5.41) is 24.4. The molecular formula is C12H13N3O4. The van der Waals surface area contributed by atoms with Crippen LogP contribution in [-0.2, 0) is 7.05 Å². The van der Waals surface area contributed by atoms with Crippen molar-refractivity contribution in [3.63, 3.8) is 0 Å². The highest BCUT2D eigenvalue weighted by Crippen LogP contribution is 2.33. The van der Waals surface area contributed by atoms with Crippen molar-refractivity contribution >= 4 is 5.69 Å². The predicted octanol–water partition coefficient (Wildman–Crippen LogP) is 2.17. The smallest absolute Gasteiger partial charge is 0.311 e. The summed E-state index contributed by atoms with van der Waals surface area (Å²) in [7, 11) is 1.72. The maximum absolute atomic E-state index is 11.0. The maximum Gasteiger partial charge on any atom is 0.311 e. The van der Waals surface area contributed by atoms with Gasteiger partial charge in [-0.05, 0) is 18.6 Å². The first-order valence-corrected chi connectivity index (χ1v) is 5.60. The minimum atomic E-state index is -0.772. The number of benzene rings is 1. The number of aliphatic hydroxyl groups excluding tert-OH is 1. The number of hydrogen-bond acceptors (Lipinski definition) is 5. The minimum absolute atomic E-state index is 0.113. The van der Waals surface area contributed by atoms with Gasteiger partial charge in [-0.25, -0.2) is 0 Å².